The fourth-order valence-electron chi connectivity index (χ4n) is 1.02. The molecule has 1 unspecified atom stereocenters. The van der Waals surface area contributed by atoms with E-state index in [2.05, 4.69) is 4.74 Å². The molecule has 10 heteroatoms. The number of ether oxygens (including phenoxy) is 1. The fraction of sp³-hybridized carbons (Fsp3) is 0.778. The highest BCUT2D eigenvalue weighted by Gasteiger charge is 2.63. The first-order valence-corrected chi connectivity index (χ1v) is 5.44. The molecule has 1 N–H and O–H groups in total. The van der Waals surface area contributed by atoms with Gasteiger partial charge in [0.25, 0.3) is 0 Å². The molecule has 0 radical (unpaired) electrons. The number of Topliss-reactive ketones (excluding diaryl/α,β-unsaturated/α-hetero) is 1. The van der Waals surface area contributed by atoms with Gasteiger partial charge in [0, 0.05) is 13.7 Å². The molecule has 0 heterocycles. The van der Waals surface area contributed by atoms with Crippen LogP contribution < -0.4 is 5.32 Å². The van der Waals surface area contributed by atoms with E-state index < -0.39 is 35.7 Å². The Hall–Kier alpha value is -0.960. The summed E-state index contributed by atoms with van der Waals surface area (Å²) in [5.74, 6) is -9.69. The molecule has 0 aromatic carbocycles. The van der Waals surface area contributed by atoms with Crippen molar-refractivity contribution in [1.29, 1.82) is 0 Å². The zero-order chi connectivity index (χ0) is 15.3. The zero-order valence-corrected chi connectivity index (χ0v) is 10.4. The lowest BCUT2D eigenvalue weighted by Gasteiger charge is -2.22. The van der Waals surface area contributed by atoms with Crippen LogP contribution >= 0.6 is 11.6 Å². The molecular weight excluding hydrogens is 301 g/mol. The Morgan fingerprint density at radius 3 is 2.16 bits per heavy atom. The second kappa shape index (κ2) is 6.99. The summed E-state index contributed by atoms with van der Waals surface area (Å²) in [6.07, 6.45) is -6.30. The number of hydrogen-bond acceptors (Lipinski definition) is 3. The average molecular weight is 312 g/mol. The molecule has 0 saturated carbocycles. The van der Waals surface area contributed by atoms with Gasteiger partial charge >= 0.3 is 18.0 Å². The third-order valence-electron chi connectivity index (χ3n) is 2.08. The average Bonchev–Trinajstić information content (AvgIpc) is 2.31. The van der Waals surface area contributed by atoms with Gasteiger partial charge in [-0.2, -0.15) is 22.0 Å². The van der Waals surface area contributed by atoms with Crippen LogP contribution in [-0.4, -0.2) is 49.4 Å². The zero-order valence-electron chi connectivity index (χ0n) is 9.69. The smallest absolute Gasteiger partial charge is 0.385 e. The van der Waals surface area contributed by atoms with Crippen molar-refractivity contribution in [2.45, 2.75) is 24.6 Å². The number of halogens is 6. The Morgan fingerprint density at radius 2 is 1.79 bits per heavy atom. The van der Waals surface area contributed by atoms with Gasteiger partial charge < -0.3 is 10.1 Å². The molecule has 0 aliphatic carbocycles. The summed E-state index contributed by atoms with van der Waals surface area (Å²) < 4.78 is 65.6. The highest BCUT2D eigenvalue weighted by atomic mass is 35.5. The number of rotatable bonds is 7. The quantitative estimate of drug-likeness (QED) is 0.573. The number of methoxy groups -OCH3 is 1. The van der Waals surface area contributed by atoms with E-state index in [9.17, 15) is 31.5 Å². The van der Waals surface area contributed by atoms with E-state index in [1.165, 1.54) is 12.4 Å². The van der Waals surface area contributed by atoms with Crippen LogP contribution in [0.1, 0.15) is 6.42 Å². The second-order valence-corrected chi connectivity index (χ2v) is 3.75. The van der Waals surface area contributed by atoms with Gasteiger partial charge in [-0.25, -0.2) is 0 Å². The molecule has 1 amide bonds. The lowest BCUT2D eigenvalue weighted by Crippen LogP contribution is -2.55. The molecule has 0 rings (SSSR count). The van der Waals surface area contributed by atoms with Crippen molar-refractivity contribution >= 4 is 23.3 Å². The molecule has 0 saturated heterocycles. The predicted molar refractivity (Wildman–Crippen MR) is 55.2 cm³/mol. The van der Waals surface area contributed by atoms with Gasteiger partial charge in [-0.15, -0.1) is 11.6 Å². The number of hydrogen-bond donors (Lipinski definition) is 1. The van der Waals surface area contributed by atoms with Crippen LogP contribution in [0.3, 0.4) is 0 Å². The van der Waals surface area contributed by atoms with Crippen LogP contribution in [-0.2, 0) is 14.3 Å². The Balaban J connectivity index is 4.85. The highest BCUT2D eigenvalue weighted by Crippen LogP contribution is 2.35. The molecule has 0 fully saturated rings. The van der Waals surface area contributed by atoms with Crippen molar-refractivity contribution in [2.75, 3.05) is 19.6 Å². The van der Waals surface area contributed by atoms with Crippen molar-refractivity contribution in [2.24, 2.45) is 0 Å². The second-order valence-electron chi connectivity index (χ2n) is 3.48. The van der Waals surface area contributed by atoms with E-state index in [1.54, 1.807) is 0 Å². The summed E-state index contributed by atoms with van der Waals surface area (Å²) in [5, 5.41) is 1.33. The minimum atomic E-state index is -6.03. The first-order chi connectivity index (χ1) is 8.57. The predicted octanol–water partition coefficient (Wildman–Crippen LogP) is 1.51. The van der Waals surface area contributed by atoms with Gasteiger partial charge in [0.2, 0.25) is 0 Å². The lowest BCUT2D eigenvalue weighted by atomic mass is 10.1. The van der Waals surface area contributed by atoms with Crippen molar-refractivity contribution < 1.29 is 36.3 Å². The lowest BCUT2D eigenvalue weighted by molar-refractivity contribution is -0.270. The van der Waals surface area contributed by atoms with Crippen molar-refractivity contribution in [1.82, 2.24) is 5.32 Å². The Bertz CT molecular complexity index is 334. The molecule has 112 valence electrons. The van der Waals surface area contributed by atoms with E-state index in [4.69, 9.17) is 11.6 Å². The van der Waals surface area contributed by atoms with Gasteiger partial charge in [0.15, 0.2) is 5.78 Å². The molecule has 4 nitrogen and oxygen atoms in total. The molecule has 0 aromatic rings. The van der Waals surface area contributed by atoms with Gasteiger partial charge in [0.1, 0.15) is 0 Å². The van der Waals surface area contributed by atoms with Crippen LogP contribution in [0.25, 0.3) is 0 Å². The highest BCUT2D eigenvalue weighted by molar-refractivity contribution is 6.28. The largest absolute Gasteiger partial charge is 0.463 e. The maximum Gasteiger partial charge on any atom is 0.463 e. The number of ketones is 1. The summed E-state index contributed by atoms with van der Waals surface area (Å²) in [4.78, 5) is 22.1. The maximum atomic E-state index is 12.7. The van der Waals surface area contributed by atoms with E-state index in [1.807, 2.05) is 0 Å². The number of alkyl halides is 6. The molecular formula is C9H11ClF5NO3. The third kappa shape index (κ3) is 4.90. The number of nitrogens with one attached hydrogen (secondary N) is 1. The molecule has 19 heavy (non-hydrogen) atoms. The van der Waals surface area contributed by atoms with Crippen LogP contribution in [0.2, 0.25) is 0 Å². The van der Waals surface area contributed by atoms with Gasteiger partial charge in [-0.1, -0.05) is 0 Å². The van der Waals surface area contributed by atoms with Gasteiger partial charge in [-0.05, 0) is 6.42 Å². The Labute approximate surface area is 110 Å². The van der Waals surface area contributed by atoms with Crippen molar-refractivity contribution in [3.05, 3.63) is 0 Å². The van der Waals surface area contributed by atoms with Crippen LogP contribution in [0.15, 0.2) is 0 Å². The first-order valence-electron chi connectivity index (χ1n) is 4.91. The normalized spacial score (nSPS) is 14.1. The minimum Gasteiger partial charge on any atom is -0.385 e. The van der Waals surface area contributed by atoms with Crippen molar-refractivity contribution in [3.63, 3.8) is 0 Å². The van der Waals surface area contributed by atoms with E-state index in [-0.39, 0.29) is 13.0 Å². The molecule has 0 aromatic heterocycles. The van der Waals surface area contributed by atoms with Crippen LogP contribution in [0.5, 0.6) is 0 Å². The summed E-state index contributed by atoms with van der Waals surface area (Å²) >= 11 is 5.16. The minimum absolute atomic E-state index is 0.120. The summed E-state index contributed by atoms with van der Waals surface area (Å²) in [6, 6.07) is -1.56. The maximum absolute atomic E-state index is 12.7. The third-order valence-corrected chi connectivity index (χ3v) is 2.34. The van der Waals surface area contributed by atoms with Crippen LogP contribution in [0, 0.1) is 0 Å². The van der Waals surface area contributed by atoms with E-state index in [0.717, 1.165) is 0 Å². The summed E-state index contributed by atoms with van der Waals surface area (Å²) in [6.45, 7) is -0.120. The number of amides is 1. The van der Waals surface area contributed by atoms with Gasteiger partial charge in [-0.3, -0.25) is 9.59 Å². The monoisotopic (exact) mass is 311 g/mol. The molecule has 1 atom stereocenters. The number of carbonyl (C=O) groups excluding carboxylic acids is 2. The summed E-state index contributed by atoms with van der Waals surface area (Å²) in [5.41, 5.74) is 0. The Morgan fingerprint density at radius 1 is 1.26 bits per heavy atom. The standard InChI is InChI=1S/C9H11ClF5NO3/c1-19-3-2-5(6(17)4-10)16-7(18)8(11,12)9(13,14)15/h5H,2-4H2,1H3,(H,16,18). The van der Waals surface area contributed by atoms with E-state index >= 15 is 0 Å². The Kier molecular flexibility index (Phi) is 6.64. The molecule has 0 spiro atoms. The molecule has 0 aliphatic heterocycles. The summed E-state index contributed by atoms with van der Waals surface area (Å²) in [7, 11) is 1.23. The number of carbonyl (C=O) groups is 2. The van der Waals surface area contributed by atoms with Crippen LogP contribution in [0.4, 0.5) is 22.0 Å². The molecule has 0 aliphatic rings. The van der Waals surface area contributed by atoms with E-state index in [0.29, 0.717) is 0 Å². The van der Waals surface area contributed by atoms with Crippen molar-refractivity contribution in [3.8, 4) is 0 Å². The fourth-order valence-corrected chi connectivity index (χ4v) is 1.21. The molecule has 0 bridgehead atoms. The van der Waals surface area contributed by atoms with Gasteiger partial charge in [0.05, 0.1) is 11.9 Å². The first kappa shape index (κ1) is 18.0. The SMILES string of the molecule is COCCC(NC(=O)C(F)(F)C(F)(F)F)C(=O)CCl. The topological polar surface area (TPSA) is 55.4 Å².